The topological polar surface area (TPSA) is 115 Å². The normalized spacial score (nSPS) is 14.6. The first-order valence-electron chi connectivity index (χ1n) is 13.2. The largest absolute Gasteiger partial charge is 0.493 e. The highest BCUT2D eigenvalue weighted by molar-refractivity contribution is 8.06. The number of likely N-dealkylation sites (N-methyl/N-ethyl adjacent to an activating group) is 1. The highest BCUT2D eigenvalue weighted by Gasteiger charge is 2.24. The van der Waals surface area contributed by atoms with E-state index in [9.17, 15) is 0 Å². The average Bonchev–Trinajstić information content (AvgIpc) is 3.67. The van der Waals surface area contributed by atoms with Crippen molar-refractivity contribution in [2.45, 2.75) is 19.1 Å². The van der Waals surface area contributed by atoms with Gasteiger partial charge in [-0.25, -0.2) is 24.5 Å². The predicted octanol–water partition coefficient (Wildman–Crippen LogP) is 4.77. The Labute approximate surface area is 236 Å². The monoisotopic (exact) mass is 557 g/mol. The minimum atomic E-state index is 0.613. The van der Waals surface area contributed by atoms with E-state index in [1.165, 1.54) is 18.4 Å². The predicted molar refractivity (Wildman–Crippen MR) is 158 cm³/mol. The van der Waals surface area contributed by atoms with E-state index in [0.29, 0.717) is 34.2 Å². The molecule has 40 heavy (non-hydrogen) atoms. The molecule has 4 aromatic heterocycles. The van der Waals surface area contributed by atoms with Crippen molar-refractivity contribution in [2.24, 2.45) is 0 Å². The Hall–Kier alpha value is -4.16. The molecule has 0 spiro atoms. The third-order valence-corrected chi connectivity index (χ3v) is 7.70. The van der Waals surface area contributed by atoms with E-state index >= 15 is 0 Å². The lowest BCUT2D eigenvalue weighted by atomic mass is 10.2. The Morgan fingerprint density at radius 2 is 1.98 bits per heavy atom. The Morgan fingerprint density at radius 3 is 2.77 bits per heavy atom. The summed E-state index contributed by atoms with van der Waals surface area (Å²) in [4.78, 5) is 20.5. The number of rotatable bonds is 12. The number of aryl methyl sites for hydroxylation is 1. The molecule has 5 aromatic rings. The molecule has 1 aliphatic rings. The molecule has 12 heteroatoms. The lowest BCUT2D eigenvalue weighted by molar-refractivity contribution is 0.308. The maximum Gasteiger partial charge on any atom is 0.169 e. The first-order chi connectivity index (χ1) is 19.6. The number of pyridine rings is 2. The number of aromatic nitrogens is 6. The SMILES string of the molecule is CCN(CCNc1nc2c(Nc3ccc(Oc4ccn5ncnc5c4)c(C)c3)ncnc2cc1OC)CC1CS1. The van der Waals surface area contributed by atoms with Crippen LogP contribution >= 0.6 is 11.8 Å². The molecule has 1 unspecified atom stereocenters. The number of ether oxygens (including phenoxy) is 2. The quantitative estimate of drug-likeness (QED) is 0.207. The van der Waals surface area contributed by atoms with Crippen LogP contribution in [0.4, 0.5) is 17.3 Å². The first kappa shape index (κ1) is 26.1. The molecular weight excluding hydrogens is 526 g/mol. The molecule has 5 heterocycles. The average molecular weight is 558 g/mol. The fourth-order valence-electron chi connectivity index (χ4n) is 4.48. The van der Waals surface area contributed by atoms with Gasteiger partial charge in [0, 0.05) is 54.7 Å². The number of thioether (sulfide) groups is 1. The second-order valence-electron chi connectivity index (χ2n) is 9.54. The first-order valence-corrected chi connectivity index (χ1v) is 14.3. The highest BCUT2D eigenvalue weighted by Crippen LogP contribution is 2.33. The van der Waals surface area contributed by atoms with E-state index < -0.39 is 0 Å². The fraction of sp³-hybridized carbons (Fsp3) is 0.321. The Morgan fingerprint density at radius 1 is 1.07 bits per heavy atom. The van der Waals surface area contributed by atoms with Gasteiger partial charge in [-0.15, -0.1) is 0 Å². The summed E-state index contributed by atoms with van der Waals surface area (Å²) in [6.07, 6.45) is 4.86. The van der Waals surface area contributed by atoms with Crippen molar-refractivity contribution in [2.75, 3.05) is 49.7 Å². The zero-order valence-corrected chi connectivity index (χ0v) is 23.5. The molecule has 6 rings (SSSR count). The number of methoxy groups -OCH3 is 1. The van der Waals surface area contributed by atoms with Crippen LogP contribution in [0.15, 0.2) is 55.2 Å². The number of fused-ring (bicyclic) bond motifs is 2. The van der Waals surface area contributed by atoms with E-state index in [1.54, 1.807) is 11.6 Å². The van der Waals surface area contributed by atoms with Gasteiger partial charge in [-0.3, -0.25) is 0 Å². The van der Waals surface area contributed by atoms with E-state index in [4.69, 9.17) is 14.5 Å². The number of benzene rings is 1. The third-order valence-electron chi connectivity index (χ3n) is 6.74. The van der Waals surface area contributed by atoms with Crippen LogP contribution in [0, 0.1) is 6.92 Å². The molecule has 1 aliphatic heterocycles. The van der Waals surface area contributed by atoms with Gasteiger partial charge >= 0.3 is 0 Å². The summed E-state index contributed by atoms with van der Waals surface area (Å²) >= 11 is 2.03. The Kier molecular flexibility index (Phi) is 7.51. The number of nitrogens with one attached hydrogen (secondary N) is 2. The number of nitrogens with zero attached hydrogens (tertiary/aromatic N) is 7. The van der Waals surface area contributed by atoms with Crippen molar-refractivity contribution in [3.8, 4) is 17.2 Å². The number of hydrogen-bond donors (Lipinski definition) is 2. The Bertz CT molecular complexity index is 1640. The molecule has 206 valence electrons. The van der Waals surface area contributed by atoms with Gasteiger partial charge in [0.1, 0.15) is 29.7 Å². The molecule has 1 fully saturated rings. The highest BCUT2D eigenvalue weighted by atomic mass is 32.2. The molecule has 1 aromatic carbocycles. The van der Waals surface area contributed by atoms with Crippen molar-refractivity contribution in [1.29, 1.82) is 0 Å². The van der Waals surface area contributed by atoms with Crippen LogP contribution in [0.5, 0.6) is 17.2 Å². The molecule has 0 bridgehead atoms. The van der Waals surface area contributed by atoms with Crippen molar-refractivity contribution >= 4 is 45.8 Å². The maximum absolute atomic E-state index is 6.12. The molecule has 11 nitrogen and oxygen atoms in total. The van der Waals surface area contributed by atoms with Gasteiger partial charge in [-0.05, 0) is 43.3 Å². The minimum absolute atomic E-state index is 0.613. The molecule has 2 N–H and O–H groups in total. The van der Waals surface area contributed by atoms with Crippen molar-refractivity contribution in [3.63, 3.8) is 0 Å². The van der Waals surface area contributed by atoms with Gasteiger partial charge in [-0.1, -0.05) is 6.92 Å². The summed E-state index contributed by atoms with van der Waals surface area (Å²) in [6, 6.07) is 11.5. The molecule has 0 aliphatic carbocycles. The van der Waals surface area contributed by atoms with E-state index in [0.717, 1.165) is 54.1 Å². The van der Waals surface area contributed by atoms with Crippen LogP contribution in [0.25, 0.3) is 16.7 Å². The molecule has 0 radical (unpaired) electrons. The zero-order chi connectivity index (χ0) is 27.5. The van der Waals surface area contributed by atoms with Crippen molar-refractivity contribution < 1.29 is 9.47 Å². The van der Waals surface area contributed by atoms with Crippen LogP contribution in [-0.4, -0.2) is 78.7 Å². The second-order valence-corrected chi connectivity index (χ2v) is 10.9. The summed E-state index contributed by atoms with van der Waals surface area (Å²) < 4.78 is 13.4. The fourth-order valence-corrected chi connectivity index (χ4v) is 5.04. The number of hydrogen-bond acceptors (Lipinski definition) is 11. The standard InChI is InChI=1S/C28H31N9O2S/c1-4-36(14-21-15-40-21)10-8-29-27-24(38-3)13-22-26(35-27)28(32-16-30-22)34-19-5-6-23(18(2)11-19)39-20-7-9-37-25(12-20)31-17-33-37/h5-7,9,11-13,16-17,21H,4,8,10,14-15H2,1-3H3,(H,29,35)(H,30,32,34). The molecule has 0 amide bonds. The maximum atomic E-state index is 6.12. The Balaban J connectivity index is 1.19. The molecule has 1 atom stereocenters. The second kappa shape index (κ2) is 11.5. The van der Waals surface area contributed by atoms with Gasteiger partial charge in [-0.2, -0.15) is 16.9 Å². The smallest absolute Gasteiger partial charge is 0.169 e. The van der Waals surface area contributed by atoms with Crippen LogP contribution < -0.4 is 20.1 Å². The zero-order valence-electron chi connectivity index (χ0n) is 22.7. The summed E-state index contributed by atoms with van der Waals surface area (Å²) in [5.41, 5.74) is 3.91. The minimum Gasteiger partial charge on any atom is -0.493 e. The van der Waals surface area contributed by atoms with Crippen molar-refractivity contribution in [1.82, 2.24) is 34.4 Å². The van der Waals surface area contributed by atoms with Crippen LogP contribution in [0.2, 0.25) is 0 Å². The van der Waals surface area contributed by atoms with Gasteiger partial charge < -0.3 is 25.0 Å². The lowest BCUT2D eigenvalue weighted by Gasteiger charge is -2.20. The van der Waals surface area contributed by atoms with Gasteiger partial charge in [0.2, 0.25) is 0 Å². The third kappa shape index (κ3) is 5.87. The number of anilines is 3. The van der Waals surface area contributed by atoms with E-state index in [1.807, 2.05) is 61.3 Å². The van der Waals surface area contributed by atoms with E-state index in [-0.39, 0.29) is 0 Å². The summed E-state index contributed by atoms with van der Waals surface area (Å²) in [6.45, 7) is 8.07. The molecule has 0 saturated carbocycles. The molecular formula is C28H31N9O2S. The summed E-state index contributed by atoms with van der Waals surface area (Å²) in [5, 5.41) is 11.8. The summed E-state index contributed by atoms with van der Waals surface area (Å²) in [7, 11) is 1.65. The van der Waals surface area contributed by atoms with Crippen molar-refractivity contribution in [3.05, 3.63) is 60.8 Å². The van der Waals surface area contributed by atoms with Crippen LogP contribution in [0.3, 0.4) is 0 Å². The van der Waals surface area contributed by atoms with Crippen LogP contribution in [0.1, 0.15) is 12.5 Å². The lowest BCUT2D eigenvalue weighted by Crippen LogP contribution is -2.32. The van der Waals surface area contributed by atoms with Gasteiger partial charge in [0.15, 0.2) is 23.0 Å². The summed E-state index contributed by atoms with van der Waals surface area (Å²) in [5.74, 6) is 4.65. The molecule has 1 saturated heterocycles. The van der Waals surface area contributed by atoms with Crippen LogP contribution in [-0.2, 0) is 0 Å². The van der Waals surface area contributed by atoms with Gasteiger partial charge in [0.25, 0.3) is 0 Å². The van der Waals surface area contributed by atoms with Gasteiger partial charge in [0.05, 0.1) is 12.6 Å². The van der Waals surface area contributed by atoms with E-state index in [2.05, 4.69) is 42.5 Å².